The number of benzene rings is 3. The summed E-state index contributed by atoms with van der Waals surface area (Å²) in [6.45, 7) is 12.4. The topological polar surface area (TPSA) is 173 Å². The van der Waals surface area contributed by atoms with E-state index in [-0.39, 0.29) is 65.7 Å². The summed E-state index contributed by atoms with van der Waals surface area (Å²) in [5, 5.41) is 9.57. The maximum Gasteiger partial charge on any atom is 0.438 e. The van der Waals surface area contributed by atoms with E-state index >= 15 is 13.6 Å². The predicted octanol–water partition coefficient (Wildman–Crippen LogP) is 7.82. The molecule has 342 valence electrons. The molecule has 5 aliphatic rings. The molecule has 3 aromatic heterocycles. The Morgan fingerprint density at radius 3 is 2.42 bits per heavy atom. The van der Waals surface area contributed by atoms with Crippen LogP contribution in [0.2, 0.25) is 0 Å². The highest BCUT2D eigenvalue weighted by molar-refractivity contribution is 6.16. The van der Waals surface area contributed by atoms with Crippen molar-refractivity contribution in [1.82, 2.24) is 34.3 Å². The van der Waals surface area contributed by atoms with Crippen molar-refractivity contribution in [3.05, 3.63) is 116 Å². The molecule has 3 amide bonds. The zero-order chi connectivity index (χ0) is 46.3. The van der Waals surface area contributed by atoms with Gasteiger partial charge in [-0.05, 0) is 131 Å². The van der Waals surface area contributed by atoms with Crippen LogP contribution in [-0.2, 0) is 17.3 Å². The molecular weight excluding hydrogens is 847 g/mol. The number of fused-ring (bicyclic) bond motifs is 3. The first kappa shape index (κ1) is 42.0. The summed E-state index contributed by atoms with van der Waals surface area (Å²) in [6, 6.07) is 12.9. The number of halogens is 2. The number of amidine groups is 1. The number of carbonyl (C=O) groups excluding carboxylic acids is 2. The Hall–Kier alpha value is -6.62. The number of nitrogens with two attached hydrogens (primary N) is 1. The lowest BCUT2D eigenvalue weighted by Crippen LogP contribution is -2.51. The average molecular weight is 899 g/mol. The number of nitrogens with zero attached hydrogens (tertiary/aromatic N) is 8. The Balaban J connectivity index is 1.02. The van der Waals surface area contributed by atoms with Crippen molar-refractivity contribution >= 4 is 51.0 Å². The molecule has 3 N–H and O–H groups in total. The molecule has 66 heavy (non-hydrogen) atoms. The van der Waals surface area contributed by atoms with E-state index in [4.69, 9.17) is 20.0 Å². The largest absolute Gasteiger partial charge is 0.438 e. The Morgan fingerprint density at radius 1 is 0.985 bits per heavy atom. The van der Waals surface area contributed by atoms with E-state index in [1.807, 2.05) is 17.6 Å². The first-order valence-corrected chi connectivity index (χ1v) is 22.7. The lowest BCUT2D eigenvalue weighted by atomic mass is 9.83. The normalized spacial score (nSPS) is 26.3. The number of anilines is 1. The lowest BCUT2D eigenvalue weighted by Gasteiger charge is -2.38. The van der Waals surface area contributed by atoms with Crippen molar-refractivity contribution in [2.45, 2.75) is 109 Å². The number of aryl methyl sites for hydroxylation is 3. The van der Waals surface area contributed by atoms with Gasteiger partial charge in [0.05, 0.1) is 52.2 Å². The van der Waals surface area contributed by atoms with Gasteiger partial charge in [0.2, 0.25) is 0 Å². The van der Waals surface area contributed by atoms with Crippen LogP contribution in [0.15, 0.2) is 80.3 Å². The molecule has 4 fully saturated rings. The van der Waals surface area contributed by atoms with Crippen molar-refractivity contribution in [2.75, 3.05) is 18.1 Å². The number of nitrogens with one attached hydrogen (secondary N) is 1. The van der Waals surface area contributed by atoms with Crippen LogP contribution in [-0.4, -0.2) is 88.9 Å². The number of carbonyl (C=O) groups is 2. The van der Waals surface area contributed by atoms with Crippen molar-refractivity contribution in [3.8, 4) is 0 Å². The van der Waals surface area contributed by atoms with E-state index in [0.29, 0.717) is 70.0 Å². The fourth-order valence-corrected chi connectivity index (χ4v) is 11.3. The Morgan fingerprint density at radius 2 is 1.73 bits per heavy atom. The summed E-state index contributed by atoms with van der Waals surface area (Å²) in [4.78, 5) is 55.7. The van der Waals surface area contributed by atoms with Gasteiger partial charge in [0, 0.05) is 48.8 Å². The second kappa shape index (κ2) is 14.7. The van der Waals surface area contributed by atoms with E-state index < -0.39 is 29.2 Å². The molecule has 3 aliphatic heterocycles. The van der Waals surface area contributed by atoms with E-state index in [2.05, 4.69) is 54.2 Å². The molecule has 0 spiro atoms. The van der Waals surface area contributed by atoms with Gasteiger partial charge in [0.15, 0.2) is 11.6 Å². The number of aliphatic imine (C=N–C) groups is 1. The monoisotopic (exact) mass is 898 g/mol. The van der Waals surface area contributed by atoms with Crippen LogP contribution in [0, 0.1) is 31.4 Å². The van der Waals surface area contributed by atoms with Crippen LogP contribution < -0.4 is 16.4 Å². The number of rotatable bonds is 7. The summed E-state index contributed by atoms with van der Waals surface area (Å²) in [5.74, 6) is -1.07. The number of urea groups is 1. The highest BCUT2D eigenvalue weighted by atomic mass is 19.1. The number of amides is 3. The SMILES string of the molecule is Cc1cc(N=C(C2=C(N)CCN(C(=O)c3cc4cc(C5CCOC(C)(C)C5)ccc4n3C3(c4noc(=O)[nH]4)CC3C)C2C)N2C(=O)N(c3ccc4c(cnn4C)c3F)C3CC32)cc(C)c1F. The van der Waals surface area contributed by atoms with Crippen LogP contribution in [0.1, 0.15) is 98.7 Å². The molecule has 2 saturated heterocycles. The van der Waals surface area contributed by atoms with E-state index in [0.717, 1.165) is 29.3 Å². The zero-order valence-electron chi connectivity index (χ0n) is 38.0. The summed E-state index contributed by atoms with van der Waals surface area (Å²) in [7, 11) is 1.73. The van der Waals surface area contributed by atoms with Crippen LogP contribution in [0.5, 0.6) is 0 Å². The number of aromatic amines is 1. The second-order valence-corrected chi connectivity index (χ2v) is 19.6. The number of ether oxygens (including phenoxy) is 1. The van der Waals surface area contributed by atoms with E-state index in [9.17, 15) is 9.59 Å². The van der Waals surface area contributed by atoms with Crippen LogP contribution in [0.25, 0.3) is 21.8 Å². The first-order chi connectivity index (χ1) is 31.5. The van der Waals surface area contributed by atoms with Gasteiger partial charge >= 0.3 is 11.8 Å². The third kappa shape index (κ3) is 6.36. The molecule has 17 heteroatoms. The van der Waals surface area contributed by atoms with Gasteiger partial charge in [-0.15, -0.1) is 0 Å². The quantitative estimate of drug-likeness (QED) is 0.121. The van der Waals surface area contributed by atoms with Crippen molar-refractivity contribution in [3.63, 3.8) is 0 Å². The summed E-state index contributed by atoms with van der Waals surface area (Å²) in [5.41, 5.74) is 11.0. The predicted molar refractivity (Wildman–Crippen MR) is 244 cm³/mol. The summed E-state index contributed by atoms with van der Waals surface area (Å²) >= 11 is 0. The van der Waals surface area contributed by atoms with Gasteiger partial charge in [-0.25, -0.2) is 23.4 Å². The van der Waals surface area contributed by atoms with Gasteiger partial charge < -0.3 is 19.9 Å². The molecule has 3 aromatic carbocycles. The van der Waals surface area contributed by atoms with Crippen molar-refractivity contribution in [1.29, 1.82) is 0 Å². The number of aromatic nitrogens is 5. The Labute approximate surface area is 378 Å². The first-order valence-electron chi connectivity index (χ1n) is 22.7. The summed E-state index contributed by atoms with van der Waals surface area (Å²) < 4.78 is 46.1. The molecule has 6 heterocycles. The average Bonchev–Trinajstić information content (AvgIpc) is 3.89. The highest BCUT2D eigenvalue weighted by Crippen LogP contribution is 2.56. The molecule has 6 aromatic rings. The molecular formula is C49H52F2N10O5. The third-order valence-electron chi connectivity index (χ3n) is 14.9. The fourth-order valence-electron chi connectivity index (χ4n) is 11.3. The molecule has 11 rings (SSSR count). The van der Waals surface area contributed by atoms with Crippen molar-refractivity contribution < 1.29 is 27.6 Å². The maximum atomic E-state index is 16.3. The second-order valence-electron chi connectivity index (χ2n) is 19.6. The van der Waals surface area contributed by atoms with Gasteiger partial charge in [0.25, 0.3) is 5.91 Å². The molecule has 0 bridgehead atoms. The minimum Gasteiger partial charge on any atom is -0.402 e. The molecule has 2 saturated carbocycles. The minimum atomic E-state index is -0.872. The highest BCUT2D eigenvalue weighted by Gasteiger charge is 2.61. The molecule has 2 aliphatic carbocycles. The number of hydrogen-bond donors (Lipinski definition) is 2. The smallest absolute Gasteiger partial charge is 0.402 e. The van der Waals surface area contributed by atoms with Crippen molar-refractivity contribution in [2.24, 2.45) is 23.7 Å². The van der Waals surface area contributed by atoms with Gasteiger partial charge in [-0.2, -0.15) is 5.10 Å². The minimum absolute atomic E-state index is 0.0121. The lowest BCUT2D eigenvalue weighted by molar-refractivity contribution is -0.0592. The number of hydrogen-bond acceptors (Lipinski definition) is 9. The summed E-state index contributed by atoms with van der Waals surface area (Å²) in [6.07, 6.45) is 4.58. The van der Waals surface area contributed by atoms with Gasteiger partial charge in [-0.1, -0.05) is 18.1 Å². The van der Waals surface area contributed by atoms with E-state index in [1.54, 1.807) is 59.6 Å². The van der Waals surface area contributed by atoms with E-state index in [1.165, 1.54) is 11.1 Å². The van der Waals surface area contributed by atoms with Gasteiger partial charge in [0.1, 0.15) is 22.9 Å². The molecule has 15 nitrogen and oxygen atoms in total. The fraction of sp³-hybridized carbons (Fsp3) is 0.429. The maximum absolute atomic E-state index is 16.3. The Bertz CT molecular complexity index is 3160. The van der Waals surface area contributed by atoms with Crippen LogP contribution >= 0.6 is 0 Å². The van der Waals surface area contributed by atoms with Gasteiger partial charge in [-0.3, -0.25) is 28.8 Å². The zero-order valence-corrected chi connectivity index (χ0v) is 38.0. The van der Waals surface area contributed by atoms with Crippen LogP contribution in [0.4, 0.5) is 25.0 Å². The Kier molecular flexibility index (Phi) is 9.36. The molecule has 0 radical (unpaired) electrons. The molecule has 6 unspecified atom stereocenters. The van der Waals surface area contributed by atoms with Crippen LogP contribution in [0.3, 0.4) is 0 Å². The number of H-pyrrole nitrogens is 1. The molecule has 6 atom stereocenters. The third-order valence-corrected chi connectivity index (χ3v) is 14.9. The standard InChI is InChI=1S/C49H52F2N10O5/c1-24-16-31(17-25(2)41(24)50)54-43(60-38-20-37(38)59(47(60)64)36-11-10-35-32(42(36)51)23-53-57(35)7)40-27(4)58(14-12-33(40)52)44(62)39-19-30-18-28(29-13-15-65-48(5,6)22-29)8-9-34(30)61(39)49(21-26(49)3)45-55-46(63)66-56-45/h8-11,16-19,23,26-27,29,37-38H,12-15,20-22,52H2,1-7H3,(H,55,56,63).